The summed E-state index contributed by atoms with van der Waals surface area (Å²) >= 11 is 1.96. The largest absolute Gasteiger partial charge is 0.374 e. The van der Waals surface area contributed by atoms with Crippen LogP contribution in [0.1, 0.15) is 5.56 Å². The van der Waals surface area contributed by atoms with Crippen LogP contribution in [0.2, 0.25) is 0 Å². The Morgan fingerprint density at radius 3 is 2.64 bits per heavy atom. The van der Waals surface area contributed by atoms with Gasteiger partial charge in [-0.25, -0.2) is 15.0 Å². The number of nitrogen functional groups attached to an aromatic ring is 2. The molecule has 0 saturated carbocycles. The Morgan fingerprint density at radius 1 is 1.27 bits per heavy atom. The molecule has 3 aromatic rings. The van der Waals surface area contributed by atoms with Crippen molar-refractivity contribution in [3.63, 3.8) is 0 Å². The van der Waals surface area contributed by atoms with Gasteiger partial charge >= 0.3 is 0 Å². The molecule has 0 aromatic carbocycles. The lowest BCUT2D eigenvalue weighted by molar-refractivity contribution is 1.11. The fourth-order valence-corrected chi connectivity index (χ4v) is 2.98. The summed E-state index contributed by atoms with van der Waals surface area (Å²) in [6.07, 6.45) is 3.21. The third-order valence-corrected chi connectivity index (χ3v) is 3.80. The second-order valence-corrected chi connectivity index (χ2v) is 5.57. The molecular weight excluding hydrogens is 395 g/mol. The fraction of sp³-hybridized carbons (Fsp3) is 0.0769. The highest BCUT2D eigenvalue weighted by Crippen LogP contribution is 2.37. The third kappa shape index (κ3) is 2.13. The quantitative estimate of drug-likeness (QED) is 0.386. The predicted molar refractivity (Wildman–Crippen MR) is 95.4 cm³/mol. The van der Waals surface area contributed by atoms with E-state index in [1.807, 2.05) is 28.7 Å². The van der Waals surface area contributed by atoms with Crippen LogP contribution in [0.4, 0.5) is 17.7 Å². The monoisotopic (exact) mass is 408 g/mol. The van der Waals surface area contributed by atoms with E-state index in [0.717, 1.165) is 11.1 Å². The van der Waals surface area contributed by atoms with E-state index < -0.39 is 0 Å². The first-order valence-corrected chi connectivity index (χ1v) is 7.42. The molecule has 6 N–H and O–H groups in total. The van der Waals surface area contributed by atoms with Crippen LogP contribution in [-0.4, -0.2) is 30.1 Å². The molecule has 0 radical (unpaired) electrons. The summed E-state index contributed by atoms with van der Waals surface area (Å²) in [5.41, 5.74) is 14.6. The van der Waals surface area contributed by atoms with Gasteiger partial charge in [-0.3, -0.25) is 9.81 Å². The lowest BCUT2D eigenvalue weighted by atomic mass is 10.1. The van der Waals surface area contributed by atoms with E-state index in [1.165, 1.54) is 0 Å². The molecule has 3 heterocycles. The van der Waals surface area contributed by atoms with Crippen molar-refractivity contribution in [1.29, 1.82) is 5.41 Å². The summed E-state index contributed by atoms with van der Waals surface area (Å²) < 4.78 is 2.12. The minimum absolute atomic E-state index is 0.177. The molecule has 22 heavy (non-hydrogen) atoms. The molecule has 3 rings (SSSR count). The average molecular weight is 408 g/mol. The van der Waals surface area contributed by atoms with Crippen molar-refractivity contribution in [2.75, 3.05) is 23.8 Å². The zero-order chi connectivity index (χ0) is 15.9. The van der Waals surface area contributed by atoms with Gasteiger partial charge < -0.3 is 16.8 Å². The highest BCUT2D eigenvalue weighted by Gasteiger charge is 2.23. The number of aromatic nitrogens is 4. The van der Waals surface area contributed by atoms with Crippen molar-refractivity contribution in [2.24, 2.45) is 0 Å². The van der Waals surface area contributed by atoms with Gasteiger partial charge in [-0.1, -0.05) is 0 Å². The van der Waals surface area contributed by atoms with Crippen molar-refractivity contribution in [1.82, 2.24) is 19.4 Å². The van der Waals surface area contributed by atoms with Crippen LogP contribution in [0.25, 0.3) is 16.8 Å². The first-order chi connectivity index (χ1) is 10.5. The van der Waals surface area contributed by atoms with Gasteiger partial charge in [-0.2, -0.15) is 0 Å². The van der Waals surface area contributed by atoms with Crippen molar-refractivity contribution in [2.45, 2.75) is 0 Å². The van der Waals surface area contributed by atoms with Gasteiger partial charge in [0.1, 0.15) is 9.54 Å². The number of nitrogens with two attached hydrogens (primary N) is 2. The van der Waals surface area contributed by atoms with Gasteiger partial charge in [0.25, 0.3) is 0 Å². The van der Waals surface area contributed by atoms with Crippen LogP contribution in [0, 0.1) is 5.41 Å². The minimum Gasteiger partial charge on any atom is -0.374 e. The average Bonchev–Trinajstić information content (AvgIpc) is 2.83. The van der Waals surface area contributed by atoms with E-state index >= 15 is 0 Å². The Labute approximate surface area is 139 Å². The van der Waals surface area contributed by atoms with Gasteiger partial charge in [-0.15, -0.1) is 0 Å². The van der Waals surface area contributed by atoms with E-state index in [1.54, 1.807) is 29.9 Å². The summed E-state index contributed by atoms with van der Waals surface area (Å²) in [7, 11) is 1.77. The molecule has 0 saturated heterocycles. The SMILES string of the molecule is CNc1c(C(=N)I)c(-c2ccnc(N)n2)c2ccnc(N)n12. The van der Waals surface area contributed by atoms with Crippen LogP contribution in [0.3, 0.4) is 0 Å². The molecule has 8 nitrogen and oxygen atoms in total. The highest BCUT2D eigenvalue weighted by molar-refractivity contribution is 14.1. The molecule has 0 aliphatic rings. The number of hydrogen-bond donors (Lipinski definition) is 4. The van der Waals surface area contributed by atoms with Crippen molar-refractivity contribution < 1.29 is 0 Å². The molecule has 9 heteroatoms. The van der Waals surface area contributed by atoms with E-state index in [2.05, 4.69) is 20.3 Å². The number of nitrogens with one attached hydrogen (secondary N) is 2. The van der Waals surface area contributed by atoms with Crippen LogP contribution in [0.15, 0.2) is 24.5 Å². The number of anilines is 3. The summed E-state index contributed by atoms with van der Waals surface area (Å²) in [5, 5.41) is 11.2. The Kier molecular flexibility index (Phi) is 3.56. The van der Waals surface area contributed by atoms with Gasteiger partial charge in [-0.05, 0) is 34.7 Å². The number of hydrogen-bond acceptors (Lipinski definition) is 7. The first-order valence-electron chi connectivity index (χ1n) is 6.34. The molecule has 0 aliphatic carbocycles. The Bertz CT molecular complexity index is 885. The molecule has 0 fully saturated rings. The van der Waals surface area contributed by atoms with Crippen molar-refractivity contribution >= 4 is 49.5 Å². The van der Waals surface area contributed by atoms with Gasteiger partial charge in [0.05, 0.1) is 16.8 Å². The maximum atomic E-state index is 8.12. The smallest absolute Gasteiger partial charge is 0.220 e. The zero-order valence-electron chi connectivity index (χ0n) is 11.6. The molecule has 0 amide bonds. The second-order valence-electron chi connectivity index (χ2n) is 4.49. The number of rotatable bonds is 3. The Balaban J connectivity index is 2.50. The molecule has 112 valence electrons. The lowest BCUT2D eigenvalue weighted by Crippen LogP contribution is -2.04. The zero-order valence-corrected chi connectivity index (χ0v) is 13.8. The van der Waals surface area contributed by atoms with E-state index in [4.69, 9.17) is 16.9 Å². The number of halogens is 1. The first kappa shape index (κ1) is 14.5. The molecule has 0 unspecified atom stereocenters. The summed E-state index contributed by atoms with van der Waals surface area (Å²) in [6.45, 7) is 0. The number of nitrogens with zero attached hydrogens (tertiary/aromatic N) is 4. The lowest BCUT2D eigenvalue weighted by Gasteiger charge is -2.05. The summed E-state index contributed by atoms with van der Waals surface area (Å²) in [6, 6.07) is 3.58. The van der Waals surface area contributed by atoms with Gasteiger partial charge in [0, 0.05) is 25.0 Å². The molecule has 0 aliphatic heterocycles. The Hall–Kier alpha value is -2.43. The second kappa shape index (κ2) is 5.40. The minimum atomic E-state index is 0.177. The fourth-order valence-electron chi connectivity index (χ4n) is 2.45. The van der Waals surface area contributed by atoms with Gasteiger partial charge in [0.2, 0.25) is 11.9 Å². The van der Waals surface area contributed by atoms with Crippen molar-refractivity contribution in [3.8, 4) is 11.3 Å². The Morgan fingerprint density at radius 2 is 2.00 bits per heavy atom. The van der Waals surface area contributed by atoms with E-state index in [9.17, 15) is 0 Å². The number of fused-ring (bicyclic) bond motifs is 1. The molecule has 3 aromatic heterocycles. The maximum Gasteiger partial charge on any atom is 0.220 e. The van der Waals surface area contributed by atoms with Crippen LogP contribution < -0.4 is 16.8 Å². The van der Waals surface area contributed by atoms with Gasteiger partial charge in [0.15, 0.2) is 0 Å². The topological polar surface area (TPSA) is 131 Å². The third-order valence-electron chi connectivity index (χ3n) is 3.26. The molecular formula is C13H13IN8. The standard InChI is InChI=1S/C13H13IN8/c1-18-11-9(10(14)15)8(6-2-4-19-12(16)21-6)7-3-5-20-13(17)22(7)11/h2-5,15,18H,1H3,(H2,17,20)(H2,16,19,21). The van der Waals surface area contributed by atoms with Crippen LogP contribution >= 0.6 is 22.6 Å². The summed E-state index contributed by atoms with van der Waals surface area (Å²) in [4.78, 5) is 12.3. The molecule has 0 bridgehead atoms. The van der Waals surface area contributed by atoms with Crippen molar-refractivity contribution in [3.05, 3.63) is 30.1 Å². The van der Waals surface area contributed by atoms with E-state index in [0.29, 0.717) is 26.7 Å². The molecule has 0 atom stereocenters. The normalized spacial score (nSPS) is 10.8. The van der Waals surface area contributed by atoms with Crippen LogP contribution in [-0.2, 0) is 0 Å². The highest BCUT2D eigenvalue weighted by atomic mass is 127. The van der Waals surface area contributed by atoms with Crippen LogP contribution in [0.5, 0.6) is 0 Å². The molecule has 0 spiro atoms. The van der Waals surface area contributed by atoms with E-state index in [-0.39, 0.29) is 5.95 Å². The predicted octanol–water partition coefficient (Wildman–Crippen LogP) is 1.76. The maximum absolute atomic E-state index is 8.12. The summed E-state index contributed by atoms with van der Waals surface area (Å²) in [5.74, 6) is 1.19.